The van der Waals surface area contributed by atoms with Gasteiger partial charge in [0.05, 0.1) is 7.11 Å². The lowest BCUT2D eigenvalue weighted by Crippen LogP contribution is -2.27. The van der Waals surface area contributed by atoms with Crippen molar-refractivity contribution in [1.29, 1.82) is 0 Å². The number of hydrogen-bond acceptors (Lipinski definition) is 3. The van der Waals surface area contributed by atoms with E-state index in [4.69, 9.17) is 10.5 Å². The Labute approximate surface area is 117 Å². The van der Waals surface area contributed by atoms with Crippen LogP contribution in [0.1, 0.15) is 24.5 Å². The Morgan fingerprint density at radius 1 is 1.37 bits per heavy atom. The van der Waals surface area contributed by atoms with Crippen LogP contribution in [-0.2, 0) is 6.42 Å². The van der Waals surface area contributed by atoms with Gasteiger partial charge in [0.15, 0.2) is 0 Å². The molecular weight excluding hydrogens is 236 g/mol. The number of ether oxygens (including phenoxy) is 1. The van der Waals surface area contributed by atoms with Gasteiger partial charge in [0.2, 0.25) is 0 Å². The van der Waals surface area contributed by atoms with E-state index < -0.39 is 0 Å². The number of nitrogens with two attached hydrogens (primary N) is 1. The van der Waals surface area contributed by atoms with Crippen LogP contribution >= 0.6 is 0 Å². The average molecular weight is 264 g/mol. The summed E-state index contributed by atoms with van der Waals surface area (Å²) < 4.78 is 5.42. The predicted octanol–water partition coefficient (Wildman–Crippen LogP) is 2.46. The van der Waals surface area contributed by atoms with Crippen LogP contribution in [0.3, 0.4) is 0 Å². The molecule has 0 aliphatic carbocycles. The van der Waals surface area contributed by atoms with E-state index in [1.54, 1.807) is 7.11 Å². The molecule has 1 aromatic rings. The molecule has 1 rings (SSSR count). The first kappa shape index (κ1) is 16.0. The van der Waals surface area contributed by atoms with Gasteiger partial charge in [-0.15, -0.1) is 0 Å². The van der Waals surface area contributed by atoms with Gasteiger partial charge < -0.3 is 15.4 Å². The molecule has 3 nitrogen and oxygen atoms in total. The maximum Gasteiger partial charge on any atom is 0.122 e. The summed E-state index contributed by atoms with van der Waals surface area (Å²) in [4.78, 5) is 2.38. The largest absolute Gasteiger partial charge is 0.496 e. The maximum absolute atomic E-state index is 5.59. The van der Waals surface area contributed by atoms with E-state index in [0.717, 1.165) is 38.2 Å². The first-order valence-electron chi connectivity index (χ1n) is 7.09. The number of benzene rings is 1. The normalized spacial score (nSPS) is 12.7. The summed E-state index contributed by atoms with van der Waals surface area (Å²) in [5.74, 6) is 1.66. The number of likely N-dealkylation sites (N-methyl/N-ethyl adjacent to an activating group) is 1. The molecule has 0 spiro atoms. The van der Waals surface area contributed by atoms with Gasteiger partial charge in [-0.25, -0.2) is 0 Å². The molecule has 19 heavy (non-hydrogen) atoms. The molecule has 3 heteroatoms. The predicted molar refractivity (Wildman–Crippen MR) is 81.8 cm³/mol. The van der Waals surface area contributed by atoms with Crippen molar-refractivity contribution >= 4 is 0 Å². The fourth-order valence-corrected chi connectivity index (χ4v) is 2.41. The first-order chi connectivity index (χ1) is 9.06. The van der Waals surface area contributed by atoms with Gasteiger partial charge >= 0.3 is 0 Å². The zero-order chi connectivity index (χ0) is 14.3. The highest BCUT2D eigenvalue weighted by atomic mass is 16.5. The Bertz CT molecular complexity index is 379. The number of hydrogen-bond donors (Lipinski definition) is 1. The molecule has 0 saturated heterocycles. The fourth-order valence-electron chi connectivity index (χ4n) is 2.41. The summed E-state index contributed by atoms with van der Waals surface area (Å²) >= 11 is 0. The van der Waals surface area contributed by atoms with E-state index in [-0.39, 0.29) is 0 Å². The number of aryl methyl sites for hydroxylation is 1. The molecule has 0 heterocycles. The lowest BCUT2D eigenvalue weighted by Gasteiger charge is -2.21. The zero-order valence-corrected chi connectivity index (χ0v) is 12.8. The van der Waals surface area contributed by atoms with Gasteiger partial charge in [0.25, 0.3) is 0 Å². The van der Waals surface area contributed by atoms with E-state index in [9.17, 15) is 0 Å². The van der Waals surface area contributed by atoms with E-state index in [0.29, 0.717) is 5.92 Å². The Kier molecular flexibility index (Phi) is 6.89. The Balaban J connectivity index is 2.49. The molecule has 0 bridgehead atoms. The van der Waals surface area contributed by atoms with Crippen LogP contribution in [0.25, 0.3) is 0 Å². The van der Waals surface area contributed by atoms with Crippen LogP contribution in [-0.4, -0.2) is 38.7 Å². The van der Waals surface area contributed by atoms with Crippen molar-refractivity contribution in [3.05, 3.63) is 29.3 Å². The molecule has 0 aromatic heterocycles. The van der Waals surface area contributed by atoms with E-state index in [1.807, 2.05) is 0 Å². The second-order valence-corrected chi connectivity index (χ2v) is 5.51. The summed E-state index contributed by atoms with van der Waals surface area (Å²) in [6, 6.07) is 6.37. The van der Waals surface area contributed by atoms with Crippen molar-refractivity contribution in [1.82, 2.24) is 4.90 Å². The van der Waals surface area contributed by atoms with Crippen LogP contribution < -0.4 is 10.5 Å². The van der Waals surface area contributed by atoms with Crippen molar-refractivity contribution in [3.63, 3.8) is 0 Å². The standard InChI is InChI=1S/C16H28N2O/c1-13-5-6-16(19-4)15(11-13)8-10-18(3)12-14(2)7-9-17/h5-6,11,14H,7-10,12,17H2,1-4H3. The smallest absolute Gasteiger partial charge is 0.122 e. The highest BCUT2D eigenvalue weighted by Gasteiger charge is 2.08. The first-order valence-corrected chi connectivity index (χ1v) is 7.09. The average Bonchev–Trinajstić information content (AvgIpc) is 2.36. The molecule has 0 amide bonds. The molecule has 2 N–H and O–H groups in total. The highest BCUT2D eigenvalue weighted by molar-refractivity contribution is 5.37. The summed E-state index contributed by atoms with van der Waals surface area (Å²) in [6.07, 6.45) is 2.12. The van der Waals surface area contributed by atoms with Crippen LogP contribution in [0.15, 0.2) is 18.2 Å². The topological polar surface area (TPSA) is 38.5 Å². The lowest BCUT2D eigenvalue weighted by molar-refractivity contribution is 0.281. The van der Waals surface area contributed by atoms with Crippen molar-refractivity contribution in [2.45, 2.75) is 26.7 Å². The molecule has 0 fully saturated rings. The minimum atomic E-state index is 0.661. The van der Waals surface area contributed by atoms with Crippen LogP contribution in [0.4, 0.5) is 0 Å². The Morgan fingerprint density at radius 3 is 2.74 bits per heavy atom. The monoisotopic (exact) mass is 264 g/mol. The lowest BCUT2D eigenvalue weighted by atomic mass is 10.1. The minimum absolute atomic E-state index is 0.661. The number of methoxy groups -OCH3 is 1. The molecule has 0 aliphatic heterocycles. The van der Waals surface area contributed by atoms with E-state index >= 15 is 0 Å². The molecule has 1 unspecified atom stereocenters. The SMILES string of the molecule is COc1ccc(C)cc1CCN(C)CC(C)CCN. The van der Waals surface area contributed by atoms with Gasteiger partial charge in [0, 0.05) is 13.1 Å². The van der Waals surface area contributed by atoms with Crippen molar-refractivity contribution in [2.75, 3.05) is 33.8 Å². The van der Waals surface area contributed by atoms with E-state index in [1.165, 1.54) is 11.1 Å². The molecule has 0 saturated carbocycles. The number of rotatable bonds is 8. The van der Waals surface area contributed by atoms with E-state index in [2.05, 4.69) is 44.0 Å². The van der Waals surface area contributed by atoms with Gasteiger partial charge in [-0.1, -0.05) is 24.6 Å². The van der Waals surface area contributed by atoms with Crippen molar-refractivity contribution in [2.24, 2.45) is 11.7 Å². The van der Waals surface area contributed by atoms with Gasteiger partial charge in [-0.05, 0) is 50.9 Å². The maximum atomic E-state index is 5.59. The van der Waals surface area contributed by atoms with Crippen molar-refractivity contribution in [3.8, 4) is 5.75 Å². The molecule has 0 aliphatic rings. The van der Waals surface area contributed by atoms with Gasteiger partial charge in [-0.2, -0.15) is 0 Å². The molecular formula is C16H28N2O. The molecule has 1 aromatic carbocycles. The second kappa shape index (κ2) is 8.18. The molecule has 108 valence electrons. The summed E-state index contributed by atoms with van der Waals surface area (Å²) in [7, 11) is 3.91. The second-order valence-electron chi connectivity index (χ2n) is 5.51. The Hall–Kier alpha value is -1.06. The number of nitrogens with zero attached hydrogens (tertiary/aromatic N) is 1. The third-order valence-electron chi connectivity index (χ3n) is 3.48. The summed E-state index contributed by atoms with van der Waals surface area (Å²) in [6.45, 7) is 7.31. The van der Waals surface area contributed by atoms with Crippen molar-refractivity contribution < 1.29 is 4.74 Å². The zero-order valence-electron chi connectivity index (χ0n) is 12.8. The van der Waals surface area contributed by atoms with Crippen LogP contribution in [0.5, 0.6) is 5.75 Å². The molecule has 1 atom stereocenters. The van der Waals surface area contributed by atoms with Crippen LogP contribution in [0.2, 0.25) is 0 Å². The summed E-state index contributed by atoms with van der Waals surface area (Å²) in [5, 5.41) is 0. The molecule has 0 radical (unpaired) electrons. The quantitative estimate of drug-likeness (QED) is 0.784. The third kappa shape index (κ3) is 5.62. The minimum Gasteiger partial charge on any atom is -0.496 e. The Morgan fingerprint density at radius 2 is 2.11 bits per heavy atom. The van der Waals surface area contributed by atoms with Crippen LogP contribution in [0, 0.1) is 12.8 Å². The summed E-state index contributed by atoms with van der Waals surface area (Å²) in [5.41, 5.74) is 8.17. The highest BCUT2D eigenvalue weighted by Crippen LogP contribution is 2.20. The third-order valence-corrected chi connectivity index (χ3v) is 3.48. The van der Waals surface area contributed by atoms with Gasteiger partial charge in [0.1, 0.15) is 5.75 Å². The van der Waals surface area contributed by atoms with Gasteiger partial charge in [-0.3, -0.25) is 0 Å². The fraction of sp³-hybridized carbons (Fsp3) is 0.625.